The van der Waals surface area contributed by atoms with Gasteiger partial charge in [0, 0.05) is 6.54 Å². The van der Waals surface area contributed by atoms with E-state index in [1.165, 1.54) is 0 Å². The van der Waals surface area contributed by atoms with Gasteiger partial charge in [-0.1, -0.05) is 12.2 Å². The first-order valence-electron chi connectivity index (χ1n) is 4.96. The average molecular weight is 272 g/mol. The van der Waals surface area contributed by atoms with Crippen molar-refractivity contribution in [2.75, 3.05) is 6.54 Å². The molecule has 0 spiro atoms. The molecule has 0 unspecified atom stereocenters. The van der Waals surface area contributed by atoms with Gasteiger partial charge in [-0.25, -0.2) is 17.9 Å². The molecule has 0 bridgehead atoms. The zero-order valence-corrected chi connectivity index (χ0v) is 10.6. The smallest absolute Gasteiger partial charge is 0.254 e. The van der Waals surface area contributed by atoms with Crippen molar-refractivity contribution in [3.63, 3.8) is 0 Å². The first kappa shape index (κ1) is 14.3. The minimum atomic E-state index is -3.98. The number of halogens is 1. The normalized spacial score (nSPS) is 11.1. The van der Waals surface area contributed by atoms with Crippen LogP contribution in [0, 0.1) is 5.82 Å². The Morgan fingerprint density at radius 3 is 2.56 bits per heavy atom. The fraction of sp³-hybridized carbons (Fsp3) is 0.182. The molecule has 3 N–H and O–H groups in total. The van der Waals surface area contributed by atoms with Crippen LogP contribution in [-0.2, 0) is 10.0 Å². The Bertz CT molecular complexity index is 596. The molecule has 18 heavy (non-hydrogen) atoms. The Kier molecular flexibility index (Phi) is 4.20. The number of sulfonamides is 1. The topological polar surface area (TPSA) is 89.3 Å². The Balaban J connectivity index is 2.99. The molecular weight excluding hydrogens is 259 g/mol. The number of rotatable bonds is 4. The highest BCUT2D eigenvalue weighted by Gasteiger charge is 2.15. The summed E-state index contributed by atoms with van der Waals surface area (Å²) in [6.07, 6.45) is 0. The van der Waals surface area contributed by atoms with E-state index in [2.05, 4.69) is 11.9 Å². The Morgan fingerprint density at radius 2 is 2.11 bits per heavy atom. The number of carbonyl (C=O) groups is 1. The van der Waals surface area contributed by atoms with Crippen LogP contribution in [0.4, 0.5) is 4.39 Å². The van der Waals surface area contributed by atoms with Gasteiger partial charge >= 0.3 is 0 Å². The number of nitrogens with two attached hydrogens (primary N) is 1. The number of primary sulfonamides is 1. The van der Waals surface area contributed by atoms with E-state index in [4.69, 9.17) is 5.14 Å². The van der Waals surface area contributed by atoms with Crippen molar-refractivity contribution in [2.45, 2.75) is 11.8 Å². The lowest BCUT2D eigenvalue weighted by atomic mass is 10.2. The van der Waals surface area contributed by atoms with Crippen molar-refractivity contribution in [1.29, 1.82) is 0 Å². The first-order valence-corrected chi connectivity index (χ1v) is 6.51. The van der Waals surface area contributed by atoms with Crippen molar-refractivity contribution >= 4 is 15.9 Å². The fourth-order valence-electron chi connectivity index (χ4n) is 1.18. The standard InChI is InChI=1S/C11H13FN2O3S/c1-7(2)6-14-11(15)9-4-3-8(5-10(9)12)18(13,16)17/h3-5H,1,6H2,2H3,(H,14,15)(H2,13,16,17). The number of carbonyl (C=O) groups excluding carboxylic acids is 1. The van der Waals surface area contributed by atoms with Gasteiger partial charge < -0.3 is 5.32 Å². The average Bonchev–Trinajstić information content (AvgIpc) is 2.24. The van der Waals surface area contributed by atoms with Gasteiger partial charge in [0.05, 0.1) is 10.5 Å². The molecule has 0 atom stereocenters. The minimum Gasteiger partial charge on any atom is -0.348 e. The summed E-state index contributed by atoms with van der Waals surface area (Å²) >= 11 is 0. The Morgan fingerprint density at radius 1 is 1.50 bits per heavy atom. The monoisotopic (exact) mass is 272 g/mol. The maximum atomic E-state index is 13.6. The van der Waals surface area contributed by atoms with Crippen LogP contribution in [0.5, 0.6) is 0 Å². The van der Waals surface area contributed by atoms with Gasteiger partial charge in [-0.15, -0.1) is 0 Å². The number of amides is 1. The molecule has 0 aliphatic rings. The highest BCUT2D eigenvalue weighted by atomic mass is 32.2. The molecule has 1 aromatic rings. The Labute approximate surface area is 105 Å². The van der Waals surface area contributed by atoms with Crippen LogP contribution in [0.2, 0.25) is 0 Å². The molecule has 0 saturated carbocycles. The third kappa shape index (κ3) is 3.64. The molecule has 0 aliphatic carbocycles. The van der Waals surface area contributed by atoms with Crippen molar-refractivity contribution in [1.82, 2.24) is 5.32 Å². The summed E-state index contributed by atoms with van der Waals surface area (Å²) in [6, 6.07) is 2.86. The second-order valence-electron chi connectivity index (χ2n) is 3.83. The fourth-order valence-corrected chi connectivity index (χ4v) is 1.71. The van der Waals surface area contributed by atoms with Gasteiger partial charge in [0.2, 0.25) is 10.0 Å². The SMILES string of the molecule is C=C(C)CNC(=O)c1ccc(S(N)(=O)=O)cc1F. The quantitative estimate of drug-likeness (QED) is 0.794. The summed E-state index contributed by atoms with van der Waals surface area (Å²) in [7, 11) is -3.98. The summed E-state index contributed by atoms with van der Waals surface area (Å²) in [4.78, 5) is 11.2. The number of hydrogen-bond acceptors (Lipinski definition) is 3. The van der Waals surface area contributed by atoms with E-state index >= 15 is 0 Å². The molecule has 0 saturated heterocycles. The lowest BCUT2D eigenvalue weighted by Crippen LogP contribution is -2.26. The zero-order chi connectivity index (χ0) is 13.9. The van der Waals surface area contributed by atoms with Crippen LogP contribution < -0.4 is 10.5 Å². The van der Waals surface area contributed by atoms with E-state index in [-0.39, 0.29) is 17.0 Å². The maximum absolute atomic E-state index is 13.6. The summed E-state index contributed by atoms with van der Waals surface area (Å²) < 4.78 is 35.5. The molecule has 1 rings (SSSR count). The molecule has 1 amide bonds. The third-order valence-corrected chi connectivity index (χ3v) is 2.98. The van der Waals surface area contributed by atoms with Crippen LogP contribution in [0.3, 0.4) is 0 Å². The predicted molar refractivity (Wildman–Crippen MR) is 64.9 cm³/mol. The molecule has 7 heteroatoms. The van der Waals surface area contributed by atoms with Crippen molar-refractivity contribution in [3.8, 4) is 0 Å². The van der Waals surface area contributed by atoms with Gasteiger partial charge in [0.15, 0.2) is 0 Å². The van der Waals surface area contributed by atoms with Crippen LogP contribution in [-0.4, -0.2) is 20.9 Å². The van der Waals surface area contributed by atoms with Crippen LogP contribution in [0.1, 0.15) is 17.3 Å². The van der Waals surface area contributed by atoms with Gasteiger partial charge in [-0.2, -0.15) is 0 Å². The summed E-state index contributed by atoms with van der Waals surface area (Å²) in [6.45, 7) is 5.51. The van der Waals surface area contributed by atoms with Crippen LogP contribution in [0.15, 0.2) is 35.2 Å². The van der Waals surface area contributed by atoms with E-state index in [0.29, 0.717) is 11.6 Å². The lowest BCUT2D eigenvalue weighted by Gasteiger charge is -2.06. The molecule has 0 heterocycles. The van der Waals surface area contributed by atoms with Gasteiger partial charge in [0.25, 0.3) is 5.91 Å². The van der Waals surface area contributed by atoms with E-state index in [9.17, 15) is 17.6 Å². The number of hydrogen-bond donors (Lipinski definition) is 2. The van der Waals surface area contributed by atoms with Crippen molar-refractivity contribution in [2.24, 2.45) is 5.14 Å². The van der Waals surface area contributed by atoms with E-state index in [0.717, 1.165) is 12.1 Å². The predicted octanol–water partition coefficient (Wildman–Crippen LogP) is 0.779. The first-order chi connectivity index (χ1) is 8.21. The second-order valence-corrected chi connectivity index (χ2v) is 5.39. The molecule has 98 valence electrons. The van der Waals surface area contributed by atoms with Crippen molar-refractivity contribution < 1.29 is 17.6 Å². The summed E-state index contributed by atoms with van der Waals surface area (Å²) in [5, 5.41) is 7.28. The molecule has 0 radical (unpaired) electrons. The van der Waals surface area contributed by atoms with Crippen molar-refractivity contribution in [3.05, 3.63) is 41.7 Å². The molecule has 5 nitrogen and oxygen atoms in total. The minimum absolute atomic E-state index is 0.217. The molecular formula is C11H13FN2O3S. The Hall–Kier alpha value is -1.73. The van der Waals surface area contributed by atoms with Gasteiger partial charge in [-0.3, -0.25) is 4.79 Å². The molecule has 0 aromatic heterocycles. The lowest BCUT2D eigenvalue weighted by molar-refractivity contribution is 0.0953. The maximum Gasteiger partial charge on any atom is 0.254 e. The summed E-state index contributed by atoms with van der Waals surface area (Å²) in [5.74, 6) is -1.59. The summed E-state index contributed by atoms with van der Waals surface area (Å²) in [5.41, 5.74) is 0.466. The number of nitrogens with one attached hydrogen (secondary N) is 1. The third-order valence-electron chi connectivity index (χ3n) is 2.06. The van der Waals surface area contributed by atoms with E-state index < -0.39 is 21.7 Å². The molecule has 0 fully saturated rings. The van der Waals surface area contributed by atoms with Gasteiger partial charge in [-0.05, 0) is 25.1 Å². The van der Waals surface area contributed by atoms with Gasteiger partial charge in [0.1, 0.15) is 5.82 Å². The number of benzene rings is 1. The van der Waals surface area contributed by atoms with Crippen LogP contribution in [0.25, 0.3) is 0 Å². The zero-order valence-electron chi connectivity index (χ0n) is 9.73. The highest BCUT2D eigenvalue weighted by Crippen LogP contribution is 2.13. The second kappa shape index (κ2) is 5.28. The molecule has 0 aliphatic heterocycles. The van der Waals surface area contributed by atoms with E-state index in [1.807, 2.05) is 0 Å². The van der Waals surface area contributed by atoms with Crippen LogP contribution >= 0.6 is 0 Å². The highest BCUT2D eigenvalue weighted by molar-refractivity contribution is 7.89. The molecule has 1 aromatic carbocycles. The largest absolute Gasteiger partial charge is 0.348 e. The van der Waals surface area contributed by atoms with E-state index in [1.54, 1.807) is 6.92 Å².